The van der Waals surface area contributed by atoms with E-state index in [0.29, 0.717) is 15.9 Å². The molecule has 1 fully saturated rings. The summed E-state index contributed by atoms with van der Waals surface area (Å²) in [5.74, 6) is -1.39. The third-order valence-corrected chi connectivity index (χ3v) is 6.30. The minimum Gasteiger partial charge on any atom is -0.480 e. The molecule has 1 atom stereocenters. The van der Waals surface area contributed by atoms with E-state index in [-0.39, 0.29) is 6.42 Å². The predicted molar refractivity (Wildman–Crippen MR) is 139 cm³/mol. The molecule has 0 spiro atoms. The first-order chi connectivity index (χ1) is 16.1. The number of carboxylic acids is 1. The third-order valence-electron chi connectivity index (χ3n) is 5.81. The quantitative estimate of drug-likeness (QED) is 0.497. The molecule has 11 heteroatoms. The standard InChI is InChI=1S/C25H37BBrNO8/c1-22(2,3)33-20(31)28(21(32)34-23(4,5)6)18(19(29)30)13-15-11-12-16(27)14-17(15)26-35-24(7,8)25(9,10)36-26/h11-12,14,18H,13H2,1-10H3,(H,29,30). The van der Waals surface area contributed by atoms with Crippen molar-refractivity contribution < 1.29 is 38.3 Å². The maximum Gasteiger partial charge on any atom is 0.495 e. The molecular weight excluding hydrogens is 533 g/mol. The number of benzene rings is 1. The molecule has 0 aromatic heterocycles. The average Bonchev–Trinajstić information content (AvgIpc) is 2.86. The van der Waals surface area contributed by atoms with E-state index < -0.39 is 53.7 Å². The molecule has 1 aliphatic rings. The van der Waals surface area contributed by atoms with Gasteiger partial charge in [0.2, 0.25) is 0 Å². The average molecular weight is 570 g/mol. The second-order valence-corrected chi connectivity index (χ2v) is 12.7. The molecule has 2 rings (SSSR count). The number of ether oxygens (including phenoxy) is 2. The van der Waals surface area contributed by atoms with Gasteiger partial charge < -0.3 is 23.9 Å². The Bertz CT molecular complexity index is 968. The summed E-state index contributed by atoms with van der Waals surface area (Å²) in [6.07, 6.45) is -2.45. The SMILES string of the molecule is CC(C)(C)OC(=O)N(C(=O)OC(C)(C)C)C(Cc1ccc(Br)cc1B1OC(C)(C)C(C)(C)O1)C(=O)O. The molecule has 0 radical (unpaired) electrons. The first kappa shape index (κ1) is 30.1. The molecule has 36 heavy (non-hydrogen) atoms. The summed E-state index contributed by atoms with van der Waals surface area (Å²) in [5.41, 5.74) is -2.06. The lowest BCUT2D eigenvalue weighted by Gasteiger charge is -2.32. The zero-order valence-electron chi connectivity index (χ0n) is 22.7. The minimum atomic E-state index is -1.61. The van der Waals surface area contributed by atoms with Gasteiger partial charge in [-0.25, -0.2) is 14.4 Å². The van der Waals surface area contributed by atoms with Crippen LogP contribution in [0.3, 0.4) is 0 Å². The van der Waals surface area contributed by atoms with Crippen molar-refractivity contribution in [1.29, 1.82) is 0 Å². The van der Waals surface area contributed by atoms with Gasteiger partial charge in [-0.05, 0) is 92.4 Å². The van der Waals surface area contributed by atoms with Crippen molar-refractivity contribution in [2.45, 2.75) is 104 Å². The van der Waals surface area contributed by atoms with E-state index in [1.807, 2.05) is 27.7 Å². The summed E-state index contributed by atoms with van der Waals surface area (Å²) in [4.78, 5) is 39.1. The van der Waals surface area contributed by atoms with Crippen molar-refractivity contribution >= 4 is 46.7 Å². The van der Waals surface area contributed by atoms with Crippen molar-refractivity contribution in [2.75, 3.05) is 0 Å². The Balaban J connectivity index is 2.53. The van der Waals surface area contributed by atoms with Gasteiger partial charge in [-0.1, -0.05) is 22.0 Å². The molecule has 1 aliphatic heterocycles. The molecule has 1 unspecified atom stereocenters. The van der Waals surface area contributed by atoms with E-state index >= 15 is 0 Å². The van der Waals surface area contributed by atoms with Crippen molar-refractivity contribution in [3.05, 3.63) is 28.2 Å². The normalized spacial score (nSPS) is 17.9. The van der Waals surface area contributed by atoms with E-state index in [9.17, 15) is 19.5 Å². The number of carbonyl (C=O) groups is 3. The Morgan fingerprint density at radius 2 is 1.42 bits per heavy atom. The number of nitrogens with zero attached hydrogens (tertiary/aromatic N) is 1. The zero-order chi connectivity index (χ0) is 27.9. The molecule has 1 aromatic carbocycles. The lowest BCUT2D eigenvalue weighted by Crippen LogP contribution is -2.53. The van der Waals surface area contributed by atoms with Gasteiger partial charge in [0.1, 0.15) is 17.2 Å². The van der Waals surface area contributed by atoms with Crippen molar-refractivity contribution in [3.63, 3.8) is 0 Å². The number of carboxylic acid groups (broad SMARTS) is 1. The fourth-order valence-corrected chi connectivity index (χ4v) is 3.77. The van der Waals surface area contributed by atoms with Gasteiger partial charge in [0.05, 0.1) is 11.2 Å². The third kappa shape index (κ3) is 7.46. The summed E-state index contributed by atoms with van der Waals surface area (Å²) >= 11 is 3.45. The Hall–Kier alpha value is -2.11. The Morgan fingerprint density at radius 3 is 1.81 bits per heavy atom. The van der Waals surface area contributed by atoms with Crippen LogP contribution >= 0.6 is 15.9 Å². The van der Waals surface area contributed by atoms with E-state index in [0.717, 1.165) is 4.47 Å². The zero-order valence-corrected chi connectivity index (χ0v) is 24.3. The lowest BCUT2D eigenvalue weighted by molar-refractivity contribution is -0.143. The highest BCUT2D eigenvalue weighted by Gasteiger charge is 2.52. The van der Waals surface area contributed by atoms with E-state index in [4.69, 9.17) is 18.8 Å². The maximum atomic E-state index is 13.1. The molecule has 1 aromatic rings. The summed E-state index contributed by atoms with van der Waals surface area (Å²) in [5, 5.41) is 10.1. The van der Waals surface area contributed by atoms with Crippen molar-refractivity contribution in [2.24, 2.45) is 0 Å². The Labute approximate surface area is 222 Å². The smallest absolute Gasteiger partial charge is 0.480 e. The molecule has 1 heterocycles. The highest BCUT2D eigenvalue weighted by atomic mass is 79.9. The fourth-order valence-electron chi connectivity index (χ4n) is 3.39. The number of hydrogen-bond donors (Lipinski definition) is 1. The van der Waals surface area contributed by atoms with E-state index in [1.54, 1.807) is 59.7 Å². The second kappa shape index (κ2) is 10.3. The van der Waals surface area contributed by atoms with Crippen LogP contribution in [0.15, 0.2) is 22.7 Å². The van der Waals surface area contributed by atoms with Crippen LogP contribution in [-0.2, 0) is 30.0 Å². The highest BCUT2D eigenvalue weighted by Crippen LogP contribution is 2.37. The number of imide groups is 1. The summed E-state index contributed by atoms with van der Waals surface area (Å²) in [6.45, 7) is 17.4. The number of aliphatic carboxylic acids is 1. The van der Waals surface area contributed by atoms with Crippen LogP contribution < -0.4 is 5.46 Å². The first-order valence-electron chi connectivity index (χ1n) is 11.8. The van der Waals surface area contributed by atoms with Gasteiger partial charge in [0.25, 0.3) is 0 Å². The molecule has 2 amide bonds. The first-order valence-corrected chi connectivity index (χ1v) is 12.5. The van der Waals surface area contributed by atoms with Crippen LogP contribution in [0.4, 0.5) is 9.59 Å². The number of amides is 2. The van der Waals surface area contributed by atoms with E-state index in [2.05, 4.69) is 15.9 Å². The summed E-state index contributed by atoms with van der Waals surface area (Å²) < 4.78 is 23.9. The van der Waals surface area contributed by atoms with Gasteiger partial charge in [-0.15, -0.1) is 0 Å². The van der Waals surface area contributed by atoms with Crippen LogP contribution in [0.1, 0.15) is 74.8 Å². The van der Waals surface area contributed by atoms with Crippen LogP contribution in [-0.4, -0.2) is 63.7 Å². The maximum absolute atomic E-state index is 13.1. The molecule has 1 N–H and O–H groups in total. The topological polar surface area (TPSA) is 112 Å². The van der Waals surface area contributed by atoms with Gasteiger partial charge in [-0.2, -0.15) is 4.90 Å². The monoisotopic (exact) mass is 569 g/mol. The largest absolute Gasteiger partial charge is 0.495 e. The fraction of sp³-hybridized carbons (Fsp3) is 0.640. The molecular formula is C25H37BBrNO8. The molecule has 9 nitrogen and oxygen atoms in total. The summed E-state index contributed by atoms with van der Waals surface area (Å²) in [6, 6.07) is 3.62. The van der Waals surface area contributed by atoms with E-state index in [1.165, 1.54) is 0 Å². The van der Waals surface area contributed by atoms with Gasteiger partial charge in [0, 0.05) is 10.9 Å². The Kier molecular flexibility index (Phi) is 8.65. The molecule has 0 bridgehead atoms. The second-order valence-electron chi connectivity index (χ2n) is 11.8. The van der Waals surface area contributed by atoms with Crippen LogP contribution in [0.25, 0.3) is 0 Å². The van der Waals surface area contributed by atoms with Crippen LogP contribution in [0.5, 0.6) is 0 Å². The van der Waals surface area contributed by atoms with Crippen LogP contribution in [0.2, 0.25) is 0 Å². The predicted octanol–water partition coefficient (Wildman–Crippen LogP) is 4.92. The molecule has 1 saturated heterocycles. The molecule has 0 aliphatic carbocycles. The van der Waals surface area contributed by atoms with Gasteiger partial charge in [0.15, 0.2) is 0 Å². The van der Waals surface area contributed by atoms with Gasteiger partial charge >= 0.3 is 25.3 Å². The lowest BCUT2D eigenvalue weighted by atomic mass is 9.74. The number of carbonyl (C=O) groups excluding carboxylic acids is 2. The van der Waals surface area contributed by atoms with Crippen molar-refractivity contribution in [1.82, 2.24) is 4.90 Å². The molecule has 0 saturated carbocycles. The number of halogens is 1. The number of hydrogen-bond acceptors (Lipinski definition) is 7. The summed E-state index contributed by atoms with van der Waals surface area (Å²) in [7, 11) is -0.784. The van der Waals surface area contributed by atoms with Crippen molar-refractivity contribution in [3.8, 4) is 0 Å². The minimum absolute atomic E-state index is 0.222. The highest BCUT2D eigenvalue weighted by molar-refractivity contribution is 9.10. The Morgan fingerprint density at radius 1 is 0.972 bits per heavy atom. The van der Waals surface area contributed by atoms with Gasteiger partial charge in [-0.3, -0.25) is 0 Å². The molecule has 200 valence electrons. The number of rotatable bonds is 5. The van der Waals surface area contributed by atoms with Crippen LogP contribution in [0, 0.1) is 0 Å².